The summed E-state index contributed by atoms with van der Waals surface area (Å²) < 4.78 is 0. The monoisotopic (exact) mass is 567 g/mol. The summed E-state index contributed by atoms with van der Waals surface area (Å²) in [6.45, 7) is 3.99. The van der Waals surface area contributed by atoms with Crippen LogP contribution in [0.2, 0.25) is 0 Å². The molecule has 44 heavy (non-hydrogen) atoms. The first-order valence-corrected chi connectivity index (χ1v) is 14.6. The molecular weight excluding hydrogens is 538 g/mol. The molecule has 0 aliphatic rings. The molecule has 7 aromatic rings. The molecule has 0 radical (unpaired) electrons. The van der Waals surface area contributed by atoms with Crippen molar-refractivity contribution in [2.45, 2.75) is 13.8 Å². The molecule has 5 heterocycles. The molecule has 0 bridgehead atoms. The van der Waals surface area contributed by atoms with Gasteiger partial charge < -0.3 is 0 Å². The Kier molecular flexibility index (Phi) is 7.27. The van der Waals surface area contributed by atoms with Gasteiger partial charge in [0.2, 0.25) is 0 Å². The predicted octanol–water partition coefficient (Wildman–Crippen LogP) is 9.28. The average Bonchev–Trinajstić information content (AvgIpc) is 3.09. The number of pyridine rings is 5. The Bertz CT molecular complexity index is 1940. The van der Waals surface area contributed by atoms with Crippen molar-refractivity contribution in [3.63, 3.8) is 0 Å². The van der Waals surface area contributed by atoms with Crippen molar-refractivity contribution in [1.29, 1.82) is 0 Å². The lowest BCUT2D eigenvalue weighted by atomic mass is 10.0. The Labute approximate surface area is 257 Å². The highest BCUT2D eigenvalue weighted by atomic mass is 14.9. The van der Waals surface area contributed by atoms with Crippen LogP contribution in [0.5, 0.6) is 0 Å². The number of hydrogen-bond acceptors (Lipinski definition) is 5. The third kappa shape index (κ3) is 5.76. The standard InChI is InChI=1S/C39H29N5/c1-26-12-9-18-32(40-26)36-22-30(28-14-5-3-6-15-28)24-38(43-36)34-20-11-21-35(42-34)39-25-31(29-16-7-4-8-17-29)23-37(44-39)33-19-10-13-27(2)41-33/h3-25H,1-2H3. The number of aryl methyl sites for hydroxylation is 2. The van der Waals surface area contributed by atoms with E-state index in [0.29, 0.717) is 0 Å². The molecule has 0 amide bonds. The normalized spacial score (nSPS) is 11.0. The molecule has 0 atom stereocenters. The topological polar surface area (TPSA) is 64.5 Å². The first-order valence-electron chi connectivity index (χ1n) is 14.6. The number of nitrogens with zero attached hydrogens (tertiary/aromatic N) is 5. The van der Waals surface area contributed by atoms with Gasteiger partial charge in [-0.05, 0) is 96.8 Å². The number of benzene rings is 2. The summed E-state index contributed by atoms with van der Waals surface area (Å²) in [5.74, 6) is 0. The predicted molar refractivity (Wildman–Crippen MR) is 178 cm³/mol. The molecule has 0 N–H and O–H groups in total. The van der Waals surface area contributed by atoms with Crippen molar-refractivity contribution in [2.24, 2.45) is 0 Å². The number of hydrogen-bond donors (Lipinski definition) is 0. The fourth-order valence-corrected chi connectivity index (χ4v) is 5.27. The summed E-state index contributed by atoms with van der Waals surface area (Å²) in [4.78, 5) is 24.8. The lowest BCUT2D eigenvalue weighted by Crippen LogP contribution is -1.98. The molecule has 2 aromatic carbocycles. The van der Waals surface area contributed by atoms with Crippen LogP contribution in [0.15, 0.2) is 140 Å². The van der Waals surface area contributed by atoms with E-state index in [1.54, 1.807) is 0 Å². The van der Waals surface area contributed by atoms with E-state index >= 15 is 0 Å². The Morgan fingerprint density at radius 3 is 0.955 bits per heavy atom. The van der Waals surface area contributed by atoms with Crippen LogP contribution in [0.25, 0.3) is 67.8 Å². The van der Waals surface area contributed by atoms with Gasteiger partial charge in [-0.15, -0.1) is 0 Å². The largest absolute Gasteiger partial charge is 0.251 e. The van der Waals surface area contributed by atoms with E-state index in [1.165, 1.54) is 0 Å². The second kappa shape index (κ2) is 11.8. The SMILES string of the molecule is Cc1cccc(-c2cc(-c3ccccc3)cc(-c3cccc(-c4cc(-c5ccccc5)cc(-c5cccc(C)n5)n4)n3)n2)n1. The third-order valence-corrected chi connectivity index (χ3v) is 7.44. The second-order valence-electron chi connectivity index (χ2n) is 10.7. The van der Waals surface area contributed by atoms with Gasteiger partial charge >= 0.3 is 0 Å². The van der Waals surface area contributed by atoms with E-state index in [2.05, 4.69) is 48.5 Å². The lowest BCUT2D eigenvalue weighted by Gasteiger charge is -2.12. The quantitative estimate of drug-likeness (QED) is 0.200. The first kappa shape index (κ1) is 27.0. The van der Waals surface area contributed by atoms with Crippen molar-refractivity contribution in [1.82, 2.24) is 24.9 Å². The van der Waals surface area contributed by atoms with Crippen LogP contribution in [0.4, 0.5) is 0 Å². The van der Waals surface area contributed by atoms with Gasteiger partial charge in [0.15, 0.2) is 0 Å². The van der Waals surface area contributed by atoms with Crippen LogP contribution in [0.1, 0.15) is 11.4 Å². The Balaban J connectivity index is 1.38. The maximum absolute atomic E-state index is 5.12. The Hall–Kier alpha value is -5.81. The van der Waals surface area contributed by atoms with Crippen LogP contribution < -0.4 is 0 Å². The van der Waals surface area contributed by atoms with Gasteiger partial charge in [-0.2, -0.15) is 0 Å². The molecule has 5 nitrogen and oxygen atoms in total. The Morgan fingerprint density at radius 1 is 0.273 bits per heavy atom. The highest BCUT2D eigenvalue weighted by Crippen LogP contribution is 2.32. The number of aromatic nitrogens is 5. The van der Waals surface area contributed by atoms with Crippen molar-refractivity contribution in [3.05, 3.63) is 151 Å². The minimum atomic E-state index is 0.760. The number of rotatable bonds is 6. The van der Waals surface area contributed by atoms with Crippen molar-refractivity contribution in [3.8, 4) is 67.8 Å². The summed E-state index contributed by atoms with van der Waals surface area (Å²) in [7, 11) is 0. The summed E-state index contributed by atoms with van der Waals surface area (Å²) in [6.07, 6.45) is 0. The van der Waals surface area contributed by atoms with Gasteiger partial charge in [-0.25, -0.2) is 15.0 Å². The fraction of sp³-hybridized carbons (Fsp3) is 0.0513. The molecule has 0 aliphatic heterocycles. The maximum atomic E-state index is 5.12. The molecule has 0 saturated carbocycles. The maximum Gasteiger partial charge on any atom is 0.0900 e. The van der Waals surface area contributed by atoms with Crippen molar-refractivity contribution < 1.29 is 0 Å². The summed E-state index contributed by atoms with van der Waals surface area (Å²) >= 11 is 0. The van der Waals surface area contributed by atoms with Gasteiger partial charge in [0.1, 0.15) is 0 Å². The van der Waals surface area contributed by atoms with Crippen LogP contribution >= 0.6 is 0 Å². The molecule has 5 heteroatoms. The molecule has 0 unspecified atom stereocenters. The molecule has 0 saturated heterocycles. The van der Waals surface area contributed by atoms with Crippen LogP contribution in [-0.2, 0) is 0 Å². The van der Waals surface area contributed by atoms with E-state index in [9.17, 15) is 0 Å². The van der Waals surface area contributed by atoms with Gasteiger partial charge in [0.05, 0.1) is 45.6 Å². The average molecular weight is 568 g/mol. The molecule has 0 spiro atoms. The molecule has 7 rings (SSSR count). The van der Waals surface area contributed by atoms with E-state index in [4.69, 9.17) is 24.9 Å². The zero-order valence-corrected chi connectivity index (χ0v) is 24.5. The third-order valence-electron chi connectivity index (χ3n) is 7.44. The first-order chi connectivity index (χ1) is 21.6. The lowest BCUT2D eigenvalue weighted by molar-refractivity contribution is 1.16. The van der Waals surface area contributed by atoms with E-state index in [-0.39, 0.29) is 0 Å². The van der Waals surface area contributed by atoms with Gasteiger partial charge in [-0.1, -0.05) is 78.9 Å². The zero-order chi connectivity index (χ0) is 29.9. The van der Waals surface area contributed by atoms with Gasteiger partial charge in [0, 0.05) is 11.4 Å². The highest BCUT2D eigenvalue weighted by molar-refractivity contribution is 5.77. The van der Waals surface area contributed by atoms with Crippen LogP contribution in [-0.4, -0.2) is 24.9 Å². The van der Waals surface area contributed by atoms with E-state index < -0.39 is 0 Å². The molecule has 0 aliphatic carbocycles. The van der Waals surface area contributed by atoms with Gasteiger partial charge in [-0.3, -0.25) is 9.97 Å². The summed E-state index contributed by atoms with van der Waals surface area (Å²) in [5, 5.41) is 0. The fourth-order valence-electron chi connectivity index (χ4n) is 5.27. The molecular formula is C39H29N5. The van der Waals surface area contributed by atoms with Crippen LogP contribution in [0.3, 0.4) is 0 Å². The van der Waals surface area contributed by atoms with Crippen LogP contribution in [0, 0.1) is 13.8 Å². The zero-order valence-electron chi connectivity index (χ0n) is 24.5. The summed E-state index contributed by atoms with van der Waals surface area (Å²) in [6, 6.07) is 47.1. The summed E-state index contributed by atoms with van der Waals surface area (Å²) in [5.41, 5.74) is 12.5. The second-order valence-corrected chi connectivity index (χ2v) is 10.7. The minimum Gasteiger partial charge on any atom is -0.251 e. The van der Waals surface area contributed by atoms with E-state index in [1.807, 2.05) is 105 Å². The molecule has 0 fully saturated rings. The molecule has 5 aromatic heterocycles. The minimum absolute atomic E-state index is 0.760. The Morgan fingerprint density at radius 2 is 0.591 bits per heavy atom. The highest BCUT2D eigenvalue weighted by Gasteiger charge is 2.14. The molecule has 210 valence electrons. The van der Waals surface area contributed by atoms with Gasteiger partial charge in [0.25, 0.3) is 0 Å². The van der Waals surface area contributed by atoms with Crippen molar-refractivity contribution >= 4 is 0 Å². The van der Waals surface area contributed by atoms with Crippen molar-refractivity contribution in [2.75, 3.05) is 0 Å². The smallest absolute Gasteiger partial charge is 0.0900 e. The van der Waals surface area contributed by atoms with E-state index in [0.717, 1.165) is 79.2 Å².